The van der Waals surface area contributed by atoms with Crippen molar-refractivity contribution in [1.29, 1.82) is 0 Å². The zero-order valence-electron chi connectivity index (χ0n) is 18.1. The molecule has 0 spiro atoms. The Morgan fingerprint density at radius 1 is 0.793 bits per heavy atom. The van der Waals surface area contributed by atoms with E-state index in [0.717, 1.165) is 37.3 Å². The first-order valence-electron chi connectivity index (χ1n) is 10.5. The number of halogens is 1. The van der Waals surface area contributed by atoms with Crippen molar-refractivity contribution in [3.05, 3.63) is 59.4 Å². The fraction of sp³-hybridized carbons (Fsp3) is 0.500. The third-order valence-electron chi connectivity index (χ3n) is 4.43. The van der Waals surface area contributed by atoms with E-state index in [4.69, 9.17) is 9.47 Å². The molecule has 0 amide bonds. The first-order chi connectivity index (χ1) is 14.0. The lowest BCUT2D eigenvalue weighted by atomic mass is 9.97. The minimum absolute atomic E-state index is 0.219. The summed E-state index contributed by atoms with van der Waals surface area (Å²) in [5.74, 6) is -0.219. The number of hydrogen-bond donors (Lipinski definition) is 2. The highest BCUT2D eigenvalue weighted by molar-refractivity contribution is 5.67. The van der Waals surface area contributed by atoms with Crippen molar-refractivity contribution in [3.63, 3.8) is 0 Å². The quantitative estimate of drug-likeness (QED) is 0.484. The maximum Gasteiger partial charge on any atom is 0.123 e. The minimum atomic E-state index is -0.219. The number of benzene rings is 2. The number of nitrogens with one attached hydrogen (secondary N) is 2. The zero-order valence-corrected chi connectivity index (χ0v) is 18.1. The lowest BCUT2D eigenvalue weighted by Gasteiger charge is -2.15. The van der Waals surface area contributed by atoms with Crippen LogP contribution < -0.4 is 10.6 Å². The summed E-state index contributed by atoms with van der Waals surface area (Å²) in [4.78, 5) is 0. The lowest BCUT2D eigenvalue weighted by Crippen LogP contribution is -2.22. The summed E-state index contributed by atoms with van der Waals surface area (Å²) < 4.78 is 24.5. The summed E-state index contributed by atoms with van der Waals surface area (Å²) in [6, 6.07) is 13.1. The van der Waals surface area contributed by atoms with Gasteiger partial charge >= 0.3 is 0 Å². The molecule has 0 fully saturated rings. The molecule has 0 saturated carbocycles. The maximum atomic E-state index is 13.3. The summed E-state index contributed by atoms with van der Waals surface area (Å²) in [6.45, 7) is 12.7. The van der Waals surface area contributed by atoms with Gasteiger partial charge in [-0.25, -0.2) is 4.39 Å². The molecule has 0 aliphatic heterocycles. The van der Waals surface area contributed by atoms with E-state index >= 15 is 0 Å². The summed E-state index contributed by atoms with van der Waals surface area (Å²) in [7, 11) is 0. The fourth-order valence-corrected chi connectivity index (χ4v) is 3.00. The Labute approximate surface area is 174 Å². The third-order valence-corrected chi connectivity index (χ3v) is 4.43. The molecule has 0 aliphatic carbocycles. The molecule has 2 aromatic rings. The summed E-state index contributed by atoms with van der Waals surface area (Å²) in [5.41, 5.74) is 4.55. The average Bonchev–Trinajstić information content (AvgIpc) is 2.68. The van der Waals surface area contributed by atoms with Crippen LogP contribution in [0.25, 0.3) is 11.1 Å². The second-order valence-corrected chi connectivity index (χ2v) is 7.69. The molecule has 0 aromatic heterocycles. The van der Waals surface area contributed by atoms with Gasteiger partial charge in [0.05, 0.1) is 25.4 Å². The van der Waals surface area contributed by atoms with Crippen LogP contribution in [0.2, 0.25) is 0 Å². The fourth-order valence-electron chi connectivity index (χ4n) is 3.00. The van der Waals surface area contributed by atoms with E-state index in [2.05, 4.69) is 28.8 Å². The van der Waals surface area contributed by atoms with E-state index in [9.17, 15) is 4.39 Å². The van der Waals surface area contributed by atoms with Crippen LogP contribution in [0.1, 0.15) is 38.8 Å². The van der Waals surface area contributed by atoms with Crippen LogP contribution in [-0.2, 0) is 22.6 Å². The molecule has 0 aliphatic rings. The molecule has 0 saturated heterocycles. The van der Waals surface area contributed by atoms with Crippen molar-refractivity contribution in [2.24, 2.45) is 0 Å². The smallest absolute Gasteiger partial charge is 0.123 e. The molecule has 29 heavy (non-hydrogen) atoms. The van der Waals surface area contributed by atoms with Gasteiger partial charge in [-0.3, -0.25) is 0 Å². The van der Waals surface area contributed by atoms with Crippen LogP contribution in [0.15, 0.2) is 42.5 Å². The Balaban J connectivity index is 2.02. The predicted octanol–water partition coefficient (Wildman–Crippen LogP) is 4.52. The van der Waals surface area contributed by atoms with Crippen molar-refractivity contribution in [2.75, 3.05) is 26.3 Å². The highest BCUT2D eigenvalue weighted by atomic mass is 19.1. The van der Waals surface area contributed by atoms with Crippen LogP contribution in [-0.4, -0.2) is 38.5 Å². The van der Waals surface area contributed by atoms with Crippen molar-refractivity contribution < 1.29 is 13.9 Å². The van der Waals surface area contributed by atoms with Gasteiger partial charge in [0.25, 0.3) is 0 Å². The van der Waals surface area contributed by atoms with E-state index in [1.807, 2.05) is 39.8 Å². The molecule has 4 nitrogen and oxygen atoms in total. The van der Waals surface area contributed by atoms with E-state index in [0.29, 0.717) is 13.2 Å². The minimum Gasteiger partial charge on any atom is -0.377 e. The predicted molar refractivity (Wildman–Crippen MR) is 117 cm³/mol. The van der Waals surface area contributed by atoms with Gasteiger partial charge in [0, 0.05) is 26.2 Å². The van der Waals surface area contributed by atoms with E-state index < -0.39 is 0 Å². The van der Waals surface area contributed by atoms with Gasteiger partial charge in [-0.15, -0.1) is 0 Å². The van der Waals surface area contributed by atoms with Crippen molar-refractivity contribution in [3.8, 4) is 11.1 Å². The Morgan fingerprint density at radius 3 is 1.97 bits per heavy atom. The summed E-state index contributed by atoms with van der Waals surface area (Å²) in [6.07, 6.45) is 0.491. The van der Waals surface area contributed by atoms with E-state index in [1.54, 1.807) is 0 Å². The first kappa shape index (κ1) is 23.5. The Hall–Kier alpha value is -1.79. The van der Waals surface area contributed by atoms with Crippen molar-refractivity contribution in [1.82, 2.24) is 10.6 Å². The highest BCUT2D eigenvalue weighted by Gasteiger charge is 2.07. The number of rotatable bonds is 13. The monoisotopic (exact) mass is 402 g/mol. The van der Waals surface area contributed by atoms with Gasteiger partial charge in [0.2, 0.25) is 0 Å². The van der Waals surface area contributed by atoms with Crippen LogP contribution in [0.5, 0.6) is 0 Å². The molecule has 2 aromatic carbocycles. The van der Waals surface area contributed by atoms with E-state index in [-0.39, 0.29) is 18.0 Å². The SMILES string of the molecule is CC(C)OCCNCc1ccc(-c2ccc(F)cc2)c(CNCCOC(C)C)c1. The van der Waals surface area contributed by atoms with Crippen LogP contribution in [0, 0.1) is 5.82 Å². The Morgan fingerprint density at radius 2 is 1.38 bits per heavy atom. The van der Waals surface area contributed by atoms with Gasteiger partial charge in [-0.2, -0.15) is 0 Å². The molecular formula is C24H35FN2O2. The van der Waals surface area contributed by atoms with Gasteiger partial charge in [-0.05, 0) is 62.1 Å². The Kier molecular flexibility index (Phi) is 10.3. The van der Waals surface area contributed by atoms with Crippen molar-refractivity contribution in [2.45, 2.75) is 53.0 Å². The molecule has 2 N–H and O–H groups in total. The van der Waals surface area contributed by atoms with Gasteiger partial charge in [-0.1, -0.05) is 30.3 Å². The summed E-state index contributed by atoms with van der Waals surface area (Å²) in [5, 5.41) is 6.88. The molecule has 0 unspecified atom stereocenters. The molecule has 5 heteroatoms. The van der Waals surface area contributed by atoms with Crippen molar-refractivity contribution >= 4 is 0 Å². The average molecular weight is 403 g/mol. The number of ether oxygens (including phenoxy) is 2. The maximum absolute atomic E-state index is 13.3. The normalized spacial score (nSPS) is 11.6. The zero-order chi connectivity index (χ0) is 21.1. The molecule has 0 bridgehead atoms. The Bertz CT molecular complexity index is 717. The topological polar surface area (TPSA) is 42.5 Å². The second-order valence-electron chi connectivity index (χ2n) is 7.69. The van der Waals surface area contributed by atoms with Gasteiger partial charge < -0.3 is 20.1 Å². The molecular weight excluding hydrogens is 367 g/mol. The lowest BCUT2D eigenvalue weighted by molar-refractivity contribution is 0.0806. The molecule has 0 radical (unpaired) electrons. The standard InChI is InChI=1S/C24H35FN2O2/c1-18(2)28-13-11-26-16-20-5-10-24(21-6-8-23(25)9-7-21)22(15-20)17-27-12-14-29-19(3)4/h5-10,15,18-19,26-27H,11-14,16-17H2,1-4H3. The van der Waals surface area contributed by atoms with Crippen LogP contribution in [0.4, 0.5) is 4.39 Å². The summed E-state index contributed by atoms with van der Waals surface area (Å²) >= 11 is 0. The van der Waals surface area contributed by atoms with Crippen LogP contribution in [0.3, 0.4) is 0 Å². The molecule has 0 atom stereocenters. The van der Waals surface area contributed by atoms with E-state index in [1.165, 1.54) is 23.3 Å². The van der Waals surface area contributed by atoms with Gasteiger partial charge in [0.1, 0.15) is 5.82 Å². The third kappa shape index (κ3) is 9.05. The number of hydrogen-bond acceptors (Lipinski definition) is 4. The molecule has 2 rings (SSSR count). The second kappa shape index (κ2) is 12.7. The van der Waals surface area contributed by atoms with Gasteiger partial charge in [0.15, 0.2) is 0 Å². The largest absolute Gasteiger partial charge is 0.377 e. The first-order valence-corrected chi connectivity index (χ1v) is 10.5. The van der Waals surface area contributed by atoms with Crippen LogP contribution >= 0.6 is 0 Å². The molecule has 0 heterocycles. The molecule has 160 valence electrons. The highest BCUT2D eigenvalue weighted by Crippen LogP contribution is 2.25.